The first-order valence-electron chi connectivity index (χ1n) is 10.4. The molecule has 0 N–H and O–H groups in total. The van der Waals surface area contributed by atoms with Gasteiger partial charge in [0.25, 0.3) is 0 Å². The van der Waals surface area contributed by atoms with Gasteiger partial charge in [0.05, 0.1) is 12.0 Å². The molecule has 1 saturated heterocycles. The van der Waals surface area contributed by atoms with Crippen molar-refractivity contribution in [2.24, 2.45) is 29.1 Å². The minimum absolute atomic E-state index is 0.0222. The molecule has 0 spiro atoms. The highest BCUT2D eigenvalue weighted by Crippen LogP contribution is 2.61. The summed E-state index contributed by atoms with van der Waals surface area (Å²) in [5, 5.41) is 0. The van der Waals surface area contributed by atoms with E-state index in [9.17, 15) is 9.59 Å². The largest absolute Gasteiger partial charge is 0.463 e. The fourth-order valence-corrected chi connectivity index (χ4v) is 6.63. The zero-order chi connectivity index (χ0) is 17.6. The molecule has 0 aromatic carbocycles. The van der Waals surface area contributed by atoms with Crippen molar-refractivity contribution in [2.45, 2.75) is 77.7 Å². The normalized spacial score (nSPS) is 37.6. The lowest BCUT2D eigenvalue weighted by atomic mass is 9.49. The van der Waals surface area contributed by atoms with Crippen LogP contribution in [0.2, 0.25) is 0 Å². The number of amides is 1. The van der Waals surface area contributed by atoms with Crippen molar-refractivity contribution in [1.29, 1.82) is 0 Å². The molecule has 140 valence electrons. The van der Waals surface area contributed by atoms with Crippen molar-refractivity contribution in [3.63, 3.8) is 0 Å². The summed E-state index contributed by atoms with van der Waals surface area (Å²) in [6, 6.07) is 0. The first-order chi connectivity index (χ1) is 11.9. The number of esters is 1. The summed E-state index contributed by atoms with van der Waals surface area (Å²) in [5.41, 5.74) is 0.319. The summed E-state index contributed by atoms with van der Waals surface area (Å²) in [5.74, 6) is 2.94. The average molecular weight is 347 g/mol. The van der Waals surface area contributed by atoms with E-state index in [0.29, 0.717) is 11.3 Å². The molecule has 5 aliphatic rings. The third kappa shape index (κ3) is 3.59. The molecule has 5 rings (SSSR count). The maximum Gasteiger partial charge on any atom is 0.309 e. The van der Waals surface area contributed by atoms with Gasteiger partial charge in [-0.05, 0) is 88.4 Å². The minimum atomic E-state index is -0.0804. The topological polar surface area (TPSA) is 46.6 Å². The Bertz CT molecular complexity index is 498. The Morgan fingerprint density at radius 3 is 2.00 bits per heavy atom. The summed E-state index contributed by atoms with van der Waals surface area (Å²) >= 11 is 0. The maximum absolute atomic E-state index is 12.9. The van der Waals surface area contributed by atoms with Crippen molar-refractivity contribution >= 4 is 11.9 Å². The van der Waals surface area contributed by atoms with Crippen LogP contribution < -0.4 is 0 Å². The summed E-state index contributed by atoms with van der Waals surface area (Å²) in [6.07, 6.45) is 10.4. The number of piperidine rings is 1. The summed E-state index contributed by atoms with van der Waals surface area (Å²) in [4.78, 5) is 27.0. The Morgan fingerprint density at radius 2 is 1.52 bits per heavy atom. The lowest BCUT2D eigenvalue weighted by Crippen LogP contribution is -2.49. The van der Waals surface area contributed by atoms with Crippen LogP contribution in [0.4, 0.5) is 0 Å². The molecule has 4 saturated carbocycles. The highest BCUT2D eigenvalue weighted by molar-refractivity contribution is 5.78. The maximum atomic E-state index is 12.9. The van der Waals surface area contributed by atoms with Gasteiger partial charge < -0.3 is 9.64 Å². The van der Waals surface area contributed by atoms with E-state index in [-0.39, 0.29) is 18.0 Å². The van der Waals surface area contributed by atoms with Gasteiger partial charge >= 0.3 is 5.97 Å². The van der Waals surface area contributed by atoms with Crippen LogP contribution in [0, 0.1) is 29.1 Å². The smallest absolute Gasteiger partial charge is 0.309 e. The van der Waals surface area contributed by atoms with Crippen molar-refractivity contribution in [3.8, 4) is 0 Å². The molecule has 1 heterocycles. The molecule has 4 heteroatoms. The molecule has 4 nitrogen and oxygen atoms in total. The highest BCUT2D eigenvalue weighted by atomic mass is 16.5. The highest BCUT2D eigenvalue weighted by Gasteiger charge is 2.51. The van der Waals surface area contributed by atoms with Crippen LogP contribution in [0.5, 0.6) is 0 Å². The predicted octanol–water partition coefficient (Wildman–Crippen LogP) is 3.78. The molecule has 5 fully saturated rings. The zero-order valence-corrected chi connectivity index (χ0v) is 15.8. The lowest BCUT2D eigenvalue weighted by molar-refractivity contribution is -0.156. The van der Waals surface area contributed by atoms with E-state index in [2.05, 4.69) is 0 Å². The Morgan fingerprint density at radius 1 is 1.00 bits per heavy atom. The lowest BCUT2D eigenvalue weighted by Gasteiger charge is -2.57. The van der Waals surface area contributed by atoms with Crippen molar-refractivity contribution in [2.75, 3.05) is 13.1 Å². The van der Waals surface area contributed by atoms with Crippen LogP contribution in [0.3, 0.4) is 0 Å². The van der Waals surface area contributed by atoms with Gasteiger partial charge in [0.1, 0.15) is 0 Å². The standard InChI is InChI=1S/C21H33NO3/c1-14(2)25-20(24)18-3-5-22(6-4-18)19(23)13-21-10-15-7-16(11-21)9-17(8-15)12-21/h14-18H,3-13H2,1-2H3. The van der Waals surface area contributed by atoms with Gasteiger partial charge in [0.15, 0.2) is 0 Å². The van der Waals surface area contributed by atoms with Gasteiger partial charge in [-0.2, -0.15) is 0 Å². The van der Waals surface area contributed by atoms with Crippen LogP contribution in [0.25, 0.3) is 0 Å². The molecule has 0 aromatic heterocycles. The number of rotatable bonds is 4. The predicted molar refractivity (Wildman–Crippen MR) is 95.8 cm³/mol. The van der Waals surface area contributed by atoms with Crippen LogP contribution >= 0.6 is 0 Å². The molecule has 1 aliphatic heterocycles. The third-order valence-electron chi connectivity index (χ3n) is 7.22. The van der Waals surface area contributed by atoms with Gasteiger partial charge in [0, 0.05) is 19.5 Å². The van der Waals surface area contributed by atoms with Crippen LogP contribution in [-0.4, -0.2) is 36.0 Å². The number of likely N-dealkylation sites (tertiary alicyclic amines) is 1. The molecule has 0 aromatic rings. The Hall–Kier alpha value is -1.06. The monoisotopic (exact) mass is 347 g/mol. The van der Waals surface area contributed by atoms with E-state index in [1.807, 2.05) is 18.7 Å². The minimum Gasteiger partial charge on any atom is -0.463 e. The quantitative estimate of drug-likeness (QED) is 0.727. The van der Waals surface area contributed by atoms with E-state index in [1.54, 1.807) is 0 Å². The SMILES string of the molecule is CC(C)OC(=O)C1CCN(C(=O)CC23CC4CC(CC(C4)C2)C3)CC1. The fraction of sp³-hybridized carbons (Fsp3) is 0.905. The van der Waals surface area contributed by atoms with Crippen LogP contribution in [0.15, 0.2) is 0 Å². The number of nitrogens with zero attached hydrogens (tertiary/aromatic N) is 1. The summed E-state index contributed by atoms with van der Waals surface area (Å²) in [7, 11) is 0. The summed E-state index contributed by atoms with van der Waals surface area (Å²) in [6.45, 7) is 5.23. The van der Waals surface area contributed by atoms with Crippen molar-refractivity contribution in [1.82, 2.24) is 4.90 Å². The number of ether oxygens (including phenoxy) is 1. The third-order valence-corrected chi connectivity index (χ3v) is 7.22. The molecule has 0 unspecified atom stereocenters. The first kappa shape index (κ1) is 17.4. The number of carbonyl (C=O) groups excluding carboxylic acids is 2. The first-order valence-corrected chi connectivity index (χ1v) is 10.4. The average Bonchev–Trinajstić information content (AvgIpc) is 2.52. The fourth-order valence-electron chi connectivity index (χ4n) is 6.63. The van der Waals surface area contributed by atoms with Crippen molar-refractivity contribution < 1.29 is 14.3 Å². The summed E-state index contributed by atoms with van der Waals surface area (Å²) < 4.78 is 5.33. The van der Waals surface area contributed by atoms with Gasteiger partial charge in [-0.1, -0.05) is 0 Å². The Labute approximate surface area is 151 Å². The van der Waals surface area contributed by atoms with Crippen LogP contribution in [0.1, 0.15) is 71.6 Å². The van der Waals surface area contributed by atoms with E-state index in [0.717, 1.165) is 50.1 Å². The van der Waals surface area contributed by atoms with E-state index in [1.165, 1.54) is 38.5 Å². The van der Waals surface area contributed by atoms with Gasteiger partial charge in [0.2, 0.25) is 5.91 Å². The molecule has 25 heavy (non-hydrogen) atoms. The molecule has 4 bridgehead atoms. The molecule has 0 radical (unpaired) electrons. The second kappa shape index (κ2) is 6.59. The molecular formula is C21H33NO3. The Kier molecular flexibility index (Phi) is 4.57. The number of hydrogen-bond acceptors (Lipinski definition) is 3. The van der Waals surface area contributed by atoms with E-state index < -0.39 is 0 Å². The molecular weight excluding hydrogens is 314 g/mol. The van der Waals surface area contributed by atoms with Gasteiger partial charge in [-0.15, -0.1) is 0 Å². The molecule has 4 aliphatic carbocycles. The molecule has 1 amide bonds. The Balaban J connectivity index is 1.30. The second-order valence-corrected chi connectivity index (χ2v) is 9.74. The van der Waals surface area contributed by atoms with Gasteiger partial charge in [-0.3, -0.25) is 9.59 Å². The second-order valence-electron chi connectivity index (χ2n) is 9.74. The van der Waals surface area contributed by atoms with Gasteiger partial charge in [-0.25, -0.2) is 0 Å². The van der Waals surface area contributed by atoms with Crippen LogP contribution in [-0.2, 0) is 14.3 Å². The van der Waals surface area contributed by atoms with Crippen molar-refractivity contribution in [3.05, 3.63) is 0 Å². The number of hydrogen-bond donors (Lipinski definition) is 0. The van der Waals surface area contributed by atoms with E-state index in [4.69, 9.17) is 4.74 Å². The number of carbonyl (C=O) groups is 2. The zero-order valence-electron chi connectivity index (χ0n) is 15.8. The molecule has 0 atom stereocenters. The van der Waals surface area contributed by atoms with E-state index >= 15 is 0 Å².